The van der Waals surface area contributed by atoms with Crippen LogP contribution in [0.3, 0.4) is 0 Å². The number of carbonyl (C=O) groups excluding carboxylic acids is 3. The van der Waals surface area contributed by atoms with Gasteiger partial charge in [0.15, 0.2) is 0 Å². The zero-order chi connectivity index (χ0) is 34.8. The average Bonchev–Trinajstić information content (AvgIpc) is 3.37. The van der Waals surface area contributed by atoms with Crippen LogP contribution in [-0.2, 0) is 25.3 Å². The molecular formula is C34H39ClF3N7O4. The van der Waals surface area contributed by atoms with Crippen molar-refractivity contribution in [2.45, 2.75) is 37.1 Å². The molecule has 0 bridgehead atoms. The van der Waals surface area contributed by atoms with Gasteiger partial charge in [0.2, 0.25) is 17.7 Å². The standard InChI is InChI=1S/C34H39ClF3N7O4/c1-4-28(46)43-19-33(20-43)18-41(16-24-17-49-11-10-44(24)33)8-9-42-15-22-13-29(47)45(27-14-23(34(36,37)38)12-21(2)39-27)30(22)32(48)40(3)26-7-5-6-25(35)31(26)42/h4-7,12,14,22,24,30H,1,8-11,13,15-20H2,2-3H3/t22-,24-,30+/m1/s1. The van der Waals surface area contributed by atoms with E-state index in [-0.39, 0.29) is 42.0 Å². The van der Waals surface area contributed by atoms with E-state index in [9.17, 15) is 27.6 Å². The Balaban J connectivity index is 1.18. The number of likely N-dealkylation sites (N-methyl/N-ethyl adjacent to an activating group) is 1. The Morgan fingerprint density at radius 2 is 1.94 bits per heavy atom. The molecular weight excluding hydrogens is 663 g/mol. The number of halogens is 4. The molecule has 6 heterocycles. The summed E-state index contributed by atoms with van der Waals surface area (Å²) in [6.07, 6.45) is -3.33. The molecule has 4 saturated heterocycles. The van der Waals surface area contributed by atoms with Crippen LogP contribution < -0.4 is 14.7 Å². The summed E-state index contributed by atoms with van der Waals surface area (Å²) in [5.74, 6) is -1.69. The summed E-state index contributed by atoms with van der Waals surface area (Å²) in [7, 11) is 1.60. The molecule has 0 aliphatic carbocycles. The number of morpholine rings is 1. The highest BCUT2D eigenvalue weighted by Crippen LogP contribution is 2.43. The molecule has 11 nitrogen and oxygen atoms in total. The van der Waals surface area contributed by atoms with Crippen LogP contribution in [0.5, 0.6) is 0 Å². The van der Waals surface area contributed by atoms with Gasteiger partial charge < -0.3 is 19.4 Å². The molecule has 2 aromatic rings. The lowest BCUT2D eigenvalue weighted by atomic mass is 9.82. The van der Waals surface area contributed by atoms with Gasteiger partial charge >= 0.3 is 6.18 Å². The second-order valence-corrected chi connectivity index (χ2v) is 14.2. The van der Waals surface area contributed by atoms with Gasteiger partial charge in [-0.3, -0.25) is 29.1 Å². The number of nitrogens with zero attached hydrogens (tertiary/aromatic N) is 7. The van der Waals surface area contributed by atoms with Crippen LogP contribution in [0.2, 0.25) is 5.02 Å². The number of amides is 3. The van der Waals surface area contributed by atoms with Crippen LogP contribution in [0.15, 0.2) is 43.0 Å². The minimum Gasteiger partial charge on any atom is -0.378 e. The van der Waals surface area contributed by atoms with Crippen LogP contribution in [0.4, 0.5) is 30.4 Å². The van der Waals surface area contributed by atoms with E-state index < -0.39 is 35.5 Å². The number of rotatable bonds is 5. The maximum Gasteiger partial charge on any atom is 0.416 e. The third kappa shape index (κ3) is 5.96. The summed E-state index contributed by atoms with van der Waals surface area (Å²) in [6, 6.07) is 6.18. The Bertz CT molecular complexity index is 1690. The fraction of sp³-hybridized carbons (Fsp3) is 0.529. The third-order valence-electron chi connectivity index (χ3n) is 10.6. The van der Waals surface area contributed by atoms with Crippen molar-refractivity contribution >= 4 is 46.5 Å². The van der Waals surface area contributed by atoms with Crippen molar-refractivity contribution in [2.75, 3.05) is 87.3 Å². The maximum absolute atomic E-state index is 14.2. The molecule has 0 N–H and O–H groups in total. The van der Waals surface area contributed by atoms with Gasteiger partial charge in [-0.1, -0.05) is 24.2 Å². The van der Waals surface area contributed by atoms with Crippen molar-refractivity contribution in [1.82, 2.24) is 19.7 Å². The van der Waals surface area contributed by atoms with Crippen LogP contribution in [0.25, 0.3) is 0 Å². The molecule has 1 aromatic carbocycles. The number of aromatic nitrogens is 1. The van der Waals surface area contributed by atoms with Gasteiger partial charge in [-0.05, 0) is 37.3 Å². The smallest absolute Gasteiger partial charge is 0.378 e. The first-order valence-corrected chi connectivity index (χ1v) is 16.8. The summed E-state index contributed by atoms with van der Waals surface area (Å²) in [6.45, 7) is 11.3. The van der Waals surface area contributed by atoms with E-state index >= 15 is 0 Å². The molecule has 5 aliphatic heterocycles. The number of anilines is 3. The summed E-state index contributed by atoms with van der Waals surface area (Å²) in [5.41, 5.74) is 0.183. The molecule has 5 aliphatic rings. The lowest BCUT2D eigenvalue weighted by Crippen LogP contribution is -2.81. The Labute approximate surface area is 287 Å². The number of piperazine rings is 1. The molecule has 3 atom stereocenters. The zero-order valence-corrected chi connectivity index (χ0v) is 28.2. The van der Waals surface area contributed by atoms with Crippen LogP contribution in [0, 0.1) is 12.8 Å². The Hall–Kier alpha value is -3.72. The molecule has 0 radical (unpaired) electrons. The van der Waals surface area contributed by atoms with Crippen molar-refractivity contribution in [2.24, 2.45) is 5.92 Å². The zero-order valence-electron chi connectivity index (χ0n) is 27.5. The number of carbonyl (C=O) groups is 3. The topological polar surface area (TPSA) is 92.8 Å². The first kappa shape index (κ1) is 33.8. The lowest BCUT2D eigenvalue weighted by molar-refractivity contribution is -0.173. The van der Waals surface area contributed by atoms with Gasteiger partial charge in [0.25, 0.3) is 0 Å². The first-order valence-electron chi connectivity index (χ1n) is 16.5. The monoisotopic (exact) mass is 701 g/mol. The average molecular weight is 702 g/mol. The molecule has 7 rings (SSSR count). The number of fused-ring (bicyclic) bond motifs is 4. The van der Waals surface area contributed by atoms with Crippen LogP contribution in [0.1, 0.15) is 17.7 Å². The Morgan fingerprint density at radius 1 is 1.16 bits per heavy atom. The van der Waals surface area contributed by atoms with Gasteiger partial charge in [0.05, 0.1) is 40.7 Å². The molecule has 1 aromatic heterocycles. The number of ether oxygens (including phenoxy) is 1. The molecule has 49 heavy (non-hydrogen) atoms. The number of benzene rings is 1. The second-order valence-electron chi connectivity index (χ2n) is 13.8. The van der Waals surface area contributed by atoms with E-state index in [1.54, 1.807) is 25.2 Å². The first-order chi connectivity index (χ1) is 23.3. The highest BCUT2D eigenvalue weighted by atomic mass is 35.5. The van der Waals surface area contributed by atoms with Crippen LogP contribution >= 0.6 is 11.6 Å². The highest BCUT2D eigenvalue weighted by Gasteiger charge is 2.55. The second kappa shape index (κ2) is 12.6. The van der Waals surface area contributed by atoms with Gasteiger partial charge in [0, 0.05) is 83.5 Å². The van der Waals surface area contributed by atoms with Crippen molar-refractivity contribution in [3.05, 3.63) is 59.3 Å². The van der Waals surface area contributed by atoms with E-state index in [1.165, 1.54) is 17.9 Å². The Morgan fingerprint density at radius 3 is 2.67 bits per heavy atom. The van der Waals surface area contributed by atoms with Gasteiger partial charge in [-0.2, -0.15) is 13.2 Å². The number of likely N-dealkylation sites (tertiary alicyclic amines) is 1. The van der Waals surface area contributed by atoms with Crippen molar-refractivity contribution in [1.29, 1.82) is 0 Å². The summed E-state index contributed by atoms with van der Waals surface area (Å²) >= 11 is 6.84. The largest absolute Gasteiger partial charge is 0.416 e. The van der Waals surface area contributed by atoms with Crippen LogP contribution in [-0.4, -0.2) is 128 Å². The lowest BCUT2D eigenvalue weighted by Gasteiger charge is -2.63. The SMILES string of the molecule is C=CC(=O)N1CC2(CN(CCN3C[C@H]4CC(=O)N(c5cc(C(F)(F)F)cc(C)n5)[C@@H]4C(=O)N(C)c4cccc(Cl)c43)C[C@@H]3COCCN32)C1. The minimum atomic E-state index is -4.65. The van der Waals surface area contributed by atoms with Gasteiger partial charge in [-0.25, -0.2) is 4.98 Å². The van der Waals surface area contributed by atoms with E-state index in [0.717, 1.165) is 36.7 Å². The maximum atomic E-state index is 14.2. The number of hydrogen-bond donors (Lipinski definition) is 0. The van der Waals surface area contributed by atoms with E-state index in [1.807, 2.05) is 4.90 Å². The normalized spacial score (nSPS) is 25.8. The number of pyridine rings is 1. The third-order valence-corrected chi connectivity index (χ3v) is 10.9. The van der Waals surface area contributed by atoms with Gasteiger partial charge in [0.1, 0.15) is 11.9 Å². The molecule has 1 spiro atoms. The summed E-state index contributed by atoms with van der Waals surface area (Å²) < 4.78 is 47.2. The quantitative estimate of drug-likeness (QED) is 0.440. The molecule has 0 saturated carbocycles. The number of alkyl halides is 3. The van der Waals surface area contributed by atoms with E-state index in [4.69, 9.17) is 16.3 Å². The van der Waals surface area contributed by atoms with Crippen molar-refractivity contribution < 1.29 is 32.3 Å². The van der Waals surface area contributed by atoms with E-state index in [2.05, 4.69) is 26.3 Å². The number of aryl methyl sites for hydroxylation is 1. The fourth-order valence-electron chi connectivity index (χ4n) is 8.43. The molecule has 15 heteroatoms. The molecule has 0 unspecified atom stereocenters. The Kier molecular flexibility index (Phi) is 8.65. The minimum absolute atomic E-state index is 0.0358. The molecule has 262 valence electrons. The van der Waals surface area contributed by atoms with E-state index in [0.29, 0.717) is 55.8 Å². The van der Waals surface area contributed by atoms with Gasteiger partial charge in [-0.15, -0.1) is 0 Å². The predicted octanol–water partition coefficient (Wildman–Crippen LogP) is 3.05. The fourth-order valence-corrected chi connectivity index (χ4v) is 8.72. The molecule has 3 amide bonds. The van der Waals surface area contributed by atoms with Crippen molar-refractivity contribution in [3.8, 4) is 0 Å². The van der Waals surface area contributed by atoms with Crippen molar-refractivity contribution in [3.63, 3.8) is 0 Å². The predicted molar refractivity (Wildman–Crippen MR) is 178 cm³/mol. The summed E-state index contributed by atoms with van der Waals surface area (Å²) in [5, 5.41) is 0.450. The number of hydrogen-bond acceptors (Lipinski definition) is 8. The summed E-state index contributed by atoms with van der Waals surface area (Å²) in [4.78, 5) is 55.8. The molecule has 4 fully saturated rings. The highest BCUT2D eigenvalue weighted by molar-refractivity contribution is 6.34. The number of para-hydroxylation sites is 1.